The van der Waals surface area contributed by atoms with Crippen molar-refractivity contribution in [2.75, 3.05) is 43.4 Å². The second kappa shape index (κ2) is 11.3. The lowest BCUT2D eigenvalue weighted by Gasteiger charge is -2.44. The van der Waals surface area contributed by atoms with Gasteiger partial charge in [0.15, 0.2) is 0 Å². The van der Waals surface area contributed by atoms with E-state index in [0.717, 1.165) is 17.8 Å². The van der Waals surface area contributed by atoms with Crippen LogP contribution in [0.2, 0.25) is 5.02 Å². The smallest absolute Gasteiger partial charge is 0.123 e. The largest absolute Gasteiger partial charge is 0.491 e. The lowest BCUT2D eigenvalue weighted by atomic mass is 10.00. The molecule has 0 saturated carbocycles. The van der Waals surface area contributed by atoms with Crippen LogP contribution in [0.4, 0.5) is 15.8 Å². The zero-order chi connectivity index (χ0) is 24.9. The molecule has 1 aliphatic rings. The van der Waals surface area contributed by atoms with E-state index in [9.17, 15) is 14.6 Å². The standard InChI is InChI=1S/C27H31ClFN3O3/c1-18(33)17-35-23-10-11-25(24(30)14-23)32-13-12-31(15-26(32)19-2-6-21(28)7-3-19)16-27(34)20-4-8-22(29)9-5-20/h2-11,14,18,26-27,33-34H,12-13,15-17,30H2,1H3/t18-,26+,27-/m1/s1. The van der Waals surface area contributed by atoms with Crippen molar-refractivity contribution in [1.82, 2.24) is 4.90 Å². The maximum atomic E-state index is 13.3. The topological polar surface area (TPSA) is 82.2 Å². The number of nitrogens with two attached hydrogens (primary N) is 1. The molecule has 3 aromatic carbocycles. The Kier molecular flexibility index (Phi) is 8.13. The van der Waals surface area contributed by atoms with E-state index in [0.29, 0.717) is 41.7 Å². The van der Waals surface area contributed by atoms with Crippen LogP contribution in [0.3, 0.4) is 0 Å². The summed E-state index contributed by atoms with van der Waals surface area (Å²) in [6, 6.07) is 19.3. The second-order valence-electron chi connectivity index (χ2n) is 8.97. The number of rotatable bonds is 8. The molecule has 8 heteroatoms. The van der Waals surface area contributed by atoms with Crippen LogP contribution in [-0.4, -0.2) is 54.0 Å². The number of aliphatic hydroxyl groups is 2. The van der Waals surface area contributed by atoms with Crippen molar-refractivity contribution in [1.29, 1.82) is 0 Å². The number of anilines is 2. The molecular weight excluding hydrogens is 469 g/mol. The fraction of sp³-hybridized carbons (Fsp3) is 0.333. The minimum atomic E-state index is -0.719. The summed E-state index contributed by atoms with van der Waals surface area (Å²) < 4.78 is 18.9. The van der Waals surface area contributed by atoms with Crippen molar-refractivity contribution in [3.05, 3.63) is 88.7 Å². The van der Waals surface area contributed by atoms with Gasteiger partial charge in [0.05, 0.1) is 29.6 Å². The molecule has 1 saturated heterocycles. The first-order valence-corrected chi connectivity index (χ1v) is 12.1. The summed E-state index contributed by atoms with van der Waals surface area (Å²) in [5.74, 6) is 0.286. The number of hydrogen-bond donors (Lipinski definition) is 3. The maximum Gasteiger partial charge on any atom is 0.123 e. The van der Waals surface area contributed by atoms with Crippen LogP contribution >= 0.6 is 11.6 Å². The zero-order valence-corrected chi connectivity index (χ0v) is 20.4. The van der Waals surface area contributed by atoms with Gasteiger partial charge in [0.25, 0.3) is 0 Å². The molecule has 3 atom stereocenters. The molecule has 4 rings (SSSR count). The highest BCUT2D eigenvalue weighted by Gasteiger charge is 2.30. The minimum absolute atomic E-state index is 0.0204. The summed E-state index contributed by atoms with van der Waals surface area (Å²) >= 11 is 6.14. The Bertz CT molecular complexity index is 1110. The molecule has 1 aliphatic heterocycles. The second-order valence-corrected chi connectivity index (χ2v) is 9.40. The van der Waals surface area contributed by atoms with Gasteiger partial charge in [0, 0.05) is 37.3 Å². The molecule has 0 spiro atoms. The Labute approximate surface area is 210 Å². The molecule has 0 bridgehead atoms. The monoisotopic (exact) mass is 499 g/mol. The van der Waals surface area contributed by atoms with E-state index in [-0.39, 0.29) is 18.5 Å². The summed E-state index contributed by atoms with van der Waals surface area (Å²) in [6.07, 6.45) is -1.29. The number of piperazine rings is 1. The van der Waals surface area contributed by atoms with Gasteiger partial charge >= 0.3 is 0 Å². The van der Waals surface area contributed by atoms with Crippen molar-refractivity contribution >= 4 is 23.0 Å². The molecule has 0 amide bonds. The predicted octanol–water partition coefficient (Wildman–Crippen LogP) is 4.42. The maximum absolute atomic E-state index is 13.3. The number of halogens is 2. The van der Waals surface area contributed by atoms with Crippen molar-refractivity contribution < 1.29 is 19.3 Å². The SMILES string of the molecule is C[C@@H](O)COc1ccc(N2CCN(C[C@@H](O)c3ccc(F)cc3)C[C@H]2c2ccc(Cl)cc2)c(N)c1. The van der Waals surface area contributed by atoms with E-state index in [1.165, 1.54) is 12.1 Å². The normalized spacial score (nSPS) is 18.3. The molecule has 35 heavy (non-hydrogen) atoms. The van der Waals surface area contributed by atoms with Gasteiger partial charge in [0.1, 0.15) is 18.2 Å². The summed E-state index contributed by atoms with van der Waals surface area (Å²) in [6.45, 7) is 4.39. The molecule has 0 unspecified atom stereocenters. The first-order chi connectivity index (χ1) is 16.8. The van der Waals surface area contributed by atoms with Gasteiger partial charge in [-0.3, -0.25) is 4.90 Å². The van der Waals surface area contributed by atoms with Gasteiger partial charge in [-0.05, 0) is 54.4 Å². The summed E-state index contributed by atoms with van der Waals surface area (Å²) in [5.41, 5.74) is 9.70. The third-order valence-corrected chi connectivity index (χ3v) is 6.46. The first-order valence-electron chi connectivity index (χ1n) is 11.7. The Morgan fingerprint density at radius 3 is 2.43 bits per heavy atom. The average molecular weight is 500 g/mol. The van der Waals surface area contributed by atoms with Crippen molar-refractivity contribution in [3.8, 4) is 5.75 Å². The van der Waals surface area contributed by atoms with E-state index in [1.54, 1.807) is 25.1 Å². The Morgan fingerprint density at radius 2 is 1.77 bits per heavy atom. The quantitative estimate of drug-likeness (QED) is 0.398. The van der Waals surface area contributed by atoms with E-state index < -0.39 is 12.2 Å². The van der Waals surface area contributed by atoms with Crippen LogP contribution in [-0.2, 0) is 0 Å². The van der Waals surface area contributed by atoms with E-state index in [1.807, 2.05) is 36.4 Å². The van der Waals surface area contributed by atoms with Gasteiger partial charge in [-0.15, -0.1) is 0 Å². The number of nitrogen functional groups attached to an aromatic ring is 1. The average Bonchev–Trinajstić information content (AvgIpc) is 2.84. The highest BCUT2D eigenvalue weighted by atomic mass is 35.5. The lowest BCUT2D eigenvalue weighted by Crippen LogP contribution is -2.49. The zero-order valence-electron chi connectivity index (χ0n) is 19.6. The molecular formula is C27H31ClFN3O3. The Balaban J connectivity index is 1.55. The Hall–Kier alpha value is -2.84. The molecule has 186 valence electrons. The number of nitrogens with zero attached hydrogens (tertiary/aromatic N) is 2. The van der Waals surface area contributed by atoms with Crippen LogP contribution in [0.25, 0.3) is 0 Å². The minimum Gasteiger partial charge on any atom is -0.491 e. The number of hydrogen-bond acceptors (Lipinski definition) is 6. The summed E-state index contributed by atoms with van der Waals surface area (Å²) in [4.78, 5) is 4.47. The van der Waals surface area contributed by atoms with Gasteiger partial charge in [-0.1, -0.05) is 35.9 Å². The molecule has 3 aromatic rings. The highest BCUT2D eigenvalue weighted by molar-refractivity contribution is 6.30. The van der Waals surface area contributed by atoms with Crippen LogP contribution in [0, 0.1) is 5.82 Å². The molecule has 0 aromatic heterocycles. The van der Waals surface area contributed by atoms with Gasteiger partial charge in [-0.2, -0.15) is 0 Å². The fourth-order valence-electron chi connectivity index (χ4n) is 4.40. The number of ether oxygens (including phenoxy) is 1. The highest BCUT2D eigenvalue weighted by Crippen LogP contribution is 2.36. The number of β-amino-alcohol motifs (C(OH)–C–C–N with tert-alkyl or cyclic N) is 1. The summed E-state index contributed by atoms with van der Waals surface area (Å²) in [5, 5.41) is 20.9. The number of benzene rings is 3. The van der Waals surface area contributed by atoms with Crippen LogP contribution in [0.5, 0.6) is 5.75 Å². The molecule has 0 aliphatic carbocycles. The van der Waals surface area contributed by atoms with Crippen LogP contribution in [0.1, 0.15) is 30.2 Å². The molecule has 6 nitrogen and oxygen atoms in total. The predicted molar refractivity (Wildman–Crippen MR) is 137 cm³/mol. The molecule has 1 fully saturated rings. The van der Waals surface area contributed by atoms with Crippen LogP contribution in [0.15, 0.2) is 66.7 Å². The van der Waals surface area contributed by atoms with Crippen LogP contribution < -0.4 is 15.4 Å². The van der Waals surface area contributed by atoms with Crippen molar-refractivity contribution in [2.45, 2.75) is 25.2 Å². The summed E-state index contributed by atoms with van der Waals surface area (Å²) in [7, 11) is 0. The number of aliphatic hydroxyl groups excluding tert-OH is 2. The third kappa shape index (κ3) is 6.44. The third-order valence-electron chi connectivity index (χ3n) is 6.20. The van der Waals surface area contributed by atoms with Crippen molar-refractivity contribution in [2.24, 2.45) is 0 Å². The Morgan fingerprint density at radius 1 is 1.06 bits per heavy atom. The van der Waals surface area contributed by atoms with E-state index >= 15 is 0 Å². The van der Waals surface area contributed by atoms with Gasteiger partial charge in [0.2, 0.25) is 0 Å². The van der Waals surface area contributed by atoms with Gasteiger partial charge < -0.3 is 25.6 Å². The van der Waals surface area contributed by atoms with Crippen molar-refractivity contribution in [3.63, 3.8) is 0 Å². The van der Waals surface area contributed by atoms with Gasteiger partial charge in [-0.25, -0.2) is 4.39 Å². The van der Waals surface area contributed by atoms with E-state index in [4.69, 9.17) is 22.1 Å². The lowest BCUT2D eigenvalue weighted by molar-refractivity contribution is 0.100. The fourth-order valence-corrected chi connectivity index (χ4v) is 4.53. The molecule has 1 heterocycles. The molecule has 0 radical (unpaired) electrons. The molecule has 4 N–H and O–H groups in total. The first kappa shape index (κ1) is 25.3. The van der Waals surface area contributed by atoms with E-state index in [2.05, 4.69) is 9.80 Å².